The van der Waals surface area contributed by atoms with Gasteiger partial charge in [-0.25, -0.2) is 4.98 Å². The number of fused-ring (bicyclic) bond motifs is 1. The van der Waals surface area contributed by atoms with Gasteiger partial charge in [0.25, 0.3) is 0 Å². The minimum absolute atomic E-state index is 0.557. The summed E-state index contributed by atoms with van der Waals surface area (Å²) in [5.41, 5.74) is 1.09. The summed E-state index contributed by atoms with van der Waals surface area (Å²) in [4.78, 5) is 4.16. The normalized spacial score (nSPS) is 11.3. The summed E-state index contributed by atoms with van der Waals surface area (Å²) in [6, 6.07) is 8.00. The molecule has 0 unspecified atom stereocenters. The first-order chi connectivity index (χ1) is 7.33. The van der Waals surface area contributed by atoms with Crippen molar-refractivity contribution in [1.82, 2.24) is 4.98 Å². The number of allylic oxidation sites excluding steroid dienone is 1. The van der Waals surface area contributed by atoms with Crippen LogP contribution in [0.2, 0.25) is 5.15 Å². The van der Waals surface area contributed by atoms with Crippen LogP contribution in [0.4, 0.5) is 0 Å². The number of aromatic nitrogens is 1. The molecule has 2 aromatic rings. The van der Waals surface area contributed by atoms with E-state index in [1.807, 2.05) is 30.4 Å². The second-order valence-electron chi connectivity index (χ2n) is 3.11. The molecule has 15 heavy (non-hydrogen) atoms. The minimum atomic E-state index is 0.557. The molecule has 0 aliphatic heterocycles. The quantitative estimate of drug-likeness (QED) is 0.591. The molecule has 1 nitrogen and oxygen atoms in total. The van der Waals surface area contributed by atoms with E-state index in [1.54, 1.807) is 6.20 Å². The highest BCUT2D eigenvalue weighted by Gasteiger charge is 2.02. The van der Waals surface area contributed by atoms with Gasteiger partial charge in [-0.15, -0.1) is 0 Å². The number of benzene rings is 1. The van der Waals surface area contributed by atoms with Gasteiger partial charge in [0.1, 0.15) is 5.15 Å². The Kier molecular flexibility index (Phi) is 3.39. The van der Waals surface area contributed by atoms with Crippen molar-refractivity contribution in [3.05, 3.63) is 47.3 Å². The van der Waals surface area contributed by atoms with Gasteiger partial charge >= 0.3 is 0 Å². The summed E-state index contributed by atoms with van der Waals surface area (Å²) in [6.07, 6.45) is 5.88. The van der Waals surface area contributed by atoms with Crippen LogP contribution in [0.1, 0.15) is 5.56 Å². The molecule has 0 aliphatic rings. The second kappa shape index (κ2) is 4.77. The Bertz CT molecular complexity index is 508. The molecule has 3 heteroatoms. The van der Waals surface area contributed by atoms with Gasteiger partial charge in [-0.05, 0) is 5.39 Å². The average Bonchev–Trinajstić information content (AvgIpc) is 2.29. The first-order valence-corrected chi connectivity index (χ1v) is 6.08. The van der Waals surface area contributed by atoms with E-state index < -0.39 is 0 Å². The van der Waals surface area contributed by atoms with Gasteiger partial charge in [0, 0.05) is 22.5 Å². The van der Waals surface area contributed by atoms with Gasteiger partial charge in [0.2, 0.25) is 0 Å². The number of alkyl halides is 1. The van der Waals surface area contributed by atoms with Gasteiger partial charge < -0.3 is 0 Å². The van der Waals surface area contributed by atoms with E-state index >= 15 is 0 Å². The summed E-state index contributed by atoms with van der Waals surface area (Å²) in [6.45, 7) is 0. The molecule has 76 valence electrons. The lowest BCUT2D eigenvalue weighted by molar-refractivity contribution is 1.35. The molecule has 2 rings (SSSR count). The van der Waals surface area contributed by atoms with Crippen LogP contribution in [0.3, 0.4) is 0 Å². The number of hydrogen-bond acceptors (Lipinski definition) is 1. The molecule has 0 N–H and O–H groups in total. The maximum absolute atomic E-state index is 6.02. The first kappa shape index (κ1) is 10.7. The fraction of sp³-hybridized carbons (Fsp3) is 0.0833. The van der Waals surface area contributed by atoms with Gasteiger partial charge in [0.15, 0.2) is 0 Å². The Morgan fingerprint density at radius 1 is 1.27 bits per heavy atom. The van der Waals surface area contributed by atoms with E-state index in [0.29, 0.717) is 5.15 Å². The van der Waals surface area contributed by atoms with Crippen molar-refractivity contribution in [1.29, 1.82) is 0 Å². The summed E-state index contributed by atoms with van der Waals surface area (Å²) in [5, 5.41) is 3.52. The minimum Gasteiger partial charge on any atom is -0.243 e. The zero-order valence-electron chi connectivity index (χ0n) is 7.95. The lowest BCUT2D eigenvalue weighted by atomic mass is 10.1. The zero-order valence-corrected chi connectivity index (χ0v) is 10.3. The number of rotatable bonds is 2. The summed E-state index contributed by atoms with van der Waals surface area (Å²) in [7, 11) is 0. The molecule has 1 heterocycles. The highest BCUT2D eigenvalue weighted by Crippen LogP contribution is 2.24. The average molecular weight is 283 g/mol. The molecule has 0 bridgehead atoms. The molecule has 1 aromatic carbocycles. The SMILES string of the molecule is Clc1ncc(C=CCBr)c2ccccc12. The maximum Gasteiger partial charge on any atom is 0.136 e. The van der Waals surface area contributed by atoms with E-state index in [9.17, 15) is 0 Å². The van der Waals surface area contributed by atoms with E-state index in [4.69, 9.17) is 11.6 Å². The number of nitrogens with zero attached hydrogens (tertiary/aromatic N) is 1. The molecule has 1 aromatic heterocycles. The largest absolute Gasteiger partial charge is 0.243 e. The third-order valence-electron chi connectivity index (χ3n) is 2.16. The van der Waals surface area contributed by atoms with Gasteiger partial charge in [0.05, 0.1) is 0 Å². The molecule has 0 saturated carbocycles. The molecule has 0 radical (unpaired) electrons. The zero-order chi connectivity index (χ0) is 10.7. The van der Waals surface area contributed by atoms with Crippen LogP contribution >= 0.6 is 27.5 Å². The van der Waals surface area contributed by atoms with Crippen molar-refractivity contribution in [2.24, 2.45) is 0 Å². The molecule has 0 spiro atoms. The van der Waals surface area contributed by atoms with Crippen LogP contribution < -0.4 is 0 Å². The number of halogens is 2. The maximum atomic E-state index is 6.02. The predicted octanol–water partition coefficient (Wildman–Crippen LogP) is 4.30. The number of pyridine rings is 1. The van der Waals surface area contributed by atoms with E-state index in [-0.39, 0.29) is 0 Å². The highest BCUT2D eigenvalue weighted by atomic mass is 79.9. The second-order valence-corrected chi connectivity index (χ2v) is 4.11. The highest BCUT2D eigenvalue weighted by molar-refractivity contribution is 9.09. The molecular formula is C12H9BrClN. The van der Waals surface area contributed by atoms with E-state index in [2.05, 4.69) is 27.0 Å². The lowest BCUT2D eigenvalue weighted by Gasteiger charge is -2.02. The Labute approximate surface area is 102 Å². The Morgan fingerprint density at radius 3 is 2.73 bits per heavy atom. The van der Waals surface area contributed by atoms with Crippen molar-refractivity contribution in [2.75, 3.05) is 5.33 Å². The Hall–Kier alpha value is -0.860. The number of hydrogen-bond donors (Lipinski definition) is 0. The standard InChI is InChI=1S/C12H9BrClN/c13-7-3-4-9-8-15-12(14)11-6-2-1-5-10(9)11/h1-6,8H,7H2. The smallest absolute Gasteiger partial charge is 0.136 e. The molecule has 0 atom stereocenters. The molecule has 0 saturated heterocycles. The van der Waals surface area contributed by atoms with Gasteiger partial charge in [-0.2, -0.15) is 0 Å². The molecule has 0 fully saturated rings. The van der Waals surface area contributed by atoms with Crippen LogP contribution in [-0.4, -0.2) is 10.3 Å². The van der Waals surface area contributed by atoms with Crippen molar-refractivity contribution in [3.8, 4) is 0 Å². The molecular weight excluding hydrogens is 273 g/mol. The van der Waals surface area contributed by atoms with Crippen molar-refractivity contribution < 1.29 is 0 Å². The van der Waals surface area contributed by atoms with Crippen LogP contribution in [0.5, 0.6) is 0 Å². The fourth-order valence-corrected chi connectivity index (χ4v) is 1.88. The summed E-state index contributed by atoms with van der Waals surface area (Å²) in [5.74, 6) is 0. The topological polar surface area (TPSA) is 12.9 Å². The van der Waals surface area contributed by atoms with Crippen LogP contribution in [0, 0.1) is 0 Å². The van der Waals surface area contributed by atoms with Gasteiger partial charge in [-0.3, -0.25) is 0 Å². The van der Waals surface area contributed by atoms with Crippen LogP contribution in [0.25, 0.3) is 16.8 Å². The Morgan fingerprint density at radius 2 is 2.00 bits per heavy atom. The van der Waals surface area contributed by atoms with Crippen LogP contribution in [0.15, 0.2) is 36.5 Å². The first-order valence-electron chi connectivity index (χ1n) is 4.58. The van der Waals surface area contributed by atoms with Crippen molar-refractivity contribution in [2.45, 2.75) is 0 Å². The van der Waals surface area contributed by atoms with Crippen molar-refractivity contribution >= 4 is 44.4 Å². The predicted molar refractivity (Wildman–Crippen MR) is 69.6 cm³/mol. The van der Waals surface area contributed by atoms with E-state index in [0.717, 1.165) is 21.7 Å². The van der Waals surface area contributed by atoms with E-state index in [1.165, 1.54) is 0 Å². The summed E-state index contributed by atoms with van der Waals surface area (Å²) < 4.78 is 0. The summed E-state index contributed by atoms with van der Waals surface area (Å²) >= 11 is 9.37. The third kappa shape index (κ3) is 2.21. The van der Waals surface area contributed by atoms with Crippen LogP contribution in [-0.2, 0) is 0 Å². The third-order valence-corrected chi connectivity index (χ3v) is 2.84. The lowest BCUT2D eigenvalue weighted by Crippen LogP contribution is -1.83. The van der Waals surface area contributed by atoms with Gasteiger partial charge in [-0.1, -0.05) is 63.9 Å². The molecule has 0 aliphatic carbocycles. The molecule has 0 amide bonds. The fourth-order valence-electron chi connectivity index (χ4n) is 1.48. The Balaban J connectivity index is 2.66. The monoisotopic (exact) mass is 281 g/mol. The van der Waals surface area contributed by atoms with Crippen molar-refractivity contribution in [3.63, 3.8) is 0 Å².